The van der Waals surface area contributed by atoms with Gasteiger partial charge in [0.05, 0.1) is 0 Å². The average molecular weight is 233 g/mol. The number of Topliss-reactive ketones (excluding diaryl/α,β-unsaturated/α-hetero) is 1. The summed E-state index contributed by atoms with van der Waals surface area (Å²) in [4.78, 5) is 12.3. The van der Waals surface area contributed by atoms with E-state index in [0.29, 0.717) is 5.75 Å². The highest BCUT2D eigenvalue weighted by Crippen LogP contribution is 2.33. The first kappa shape index (κ1) is 10.6. The van der Waals surface area contributed by atoms with Crippen molar-refractivity contribution in [3.63, 3.8) is 0 Å². The van der Waals surface area contributed by atoms with Crippen LogP contribution in [0.1, 0.15) is 23.2 Å². The third-order valence-corrected chi connectivity index (χ3v) is 3.37. The number of hydrogen-bond acceptors (Lipinski definition) is 4. The Bertz CT molecular complexity index is 438. The number of ether oxygens (including phenoxy) is 2. The maximum atomic E-state index is 12.3. The molecule has 3 rings (SSSR count). The van der Waals surface area contributed by atoms with E-state index in [2.05, 4.69) is 5.32 Å². The van der Waals surface area contributed by atoms with Crippen LogP contribution in [0.15, 0.2) is 18.2 Å². The first-order valence-electron chi connectivity index (χ1n) is 5.99. The monoisotopic (exact) mass is 233 g/mol. The second-order valence-electron chi connectivity index (χ2n) is 4.46. The van der Waals surface area contributed by atoms with Gasteiger partial charge in [0, 0.05) is 11.5 Å². The fourth-order valence-electron chi connectivity index (χ4n) is 2.37. The second-order valence-corrected chi connectivity index (χ2v) is 4.46. The van der Waals surface area contributed by atoms with Gasteiger partial charge in [0.2, 0.25) is 6.79 Å². The summed E-state index contributed by atoms with van der Waals surface area (Å²) in [5.41, 5.74) is 0.737. The quantitative estimate of drug-likeness (QED) is 0.788. The van der Waals surface area contributed by atoms with Gasteiger partial charge in [0.1, 0.15) is 0 Å². The van der Waals surface area contributed by atoms with Gasteiger partial charge in [0.25, 0.3) is 0 Å². The zero-order valence-electron chi connectivity index (χ0n) is 9.57. The number of carbonyl (C=O) groups excluding carboxylic acids is 1. The highest BCUT2D eigenvalue weighted by Gasteiger charge is 2.24. The molecule has 0 amide bonds. The molecule has 0 atom stereocenters. The van der Waals surface area contributed by atoms with E-state index < -0.39 is 0 Å². The zero-order valence-corrected chi connectivity index (χ0v) is 9.57. The highest BCUT2D eigenvalue weighted by molar-refractivity contribution is 5.98. The molecule has 0 saturated carbocycles. The highest BCUT2D eigenvalue weighted by atomic mass is 16.7. The van der Waals surface area contributed by atoms with Crippen LogP contribution in [0.25, 0.3) is 0 Å². The first-order chi connectivity index (χ1) is 8.34. The molecule has 1 N–H and O–H groups in total. The molecule has 4 heteroatoms. The summed E-state index contributed by atoms with van der Waals surface area (Å²) < 4.78 is 10.5. The molecule has 0 unspecified atom stereocenters. The SMILES string of the molecule is O=C(c1ccc2c(c1)OCO2)C1CCNCC1. The van der Waals surface area contributed by atoms with Crippen molar-refractivity contribution >= 4 is 5.78 Å². The molecule has 0 radical (unpaired) electrons. The van der Waals surface area contributed by atoms with Crippen molar-refractivity contribution in [1.29, 1.82) is 0 Å². The summed E-state index contributed by atoms with van der Waals surface area (Å²) >= 11 is 0. The number of piperidine rings is 1. The molecule has 2 heterocycles. The summed E-state index contributed by atoms with van der Waals surface area (Å²) in [7, 11) is 0. The van der Waals surface area contributed by atoms with Crippen LogP contribution < -0.4 is 14.8 Å². The molecule has 4 nitrogen and oxygen atoms in total. The molecule has 1 saturated heterocycles. The first-order valence-corrected chi connectivity index (χ1v) is 5.99. The normalized spacial score (nSPS) is 19.3. The van der Waals surface area contributed by atoms with Crippen molar-refractivity contribution < 1.29 is 14.3 Å². The average Bonchev–Trinajstić information content (AvgIpc) is 2.86. The van der Waals surface area contributed by atoms with Crippen LogP contribution in [-0.4, -0.2) is 25.7 Å². The third kappa shape index (κ3) is 2.00. The molecule has 90 valence electrons. The van der Waals surface area contributed by atoms with Crippen LogP contribution in [0.3, 0.4) is 0 Å². The lowest BCUT2D eigenvalue weighted by atomic mass is 9.89. The van der Waals surface area contributed by atoms with E-state index in [1.54, 1.807) is 6.07 Å². The summed E-state index contributed by atoms with van der Waals surface area (Å²) in [5.74, 6) is 1.79. The van der Waals surface area contributed by atoms with Crippen molar-refractivity contribution in [3.05, 3.63) is 23.8 Å². The third-order valence-electron chi connectivity index (χ3n) is 3.37. The topological polar surface area (TPSA) is 47.6 Å². The fourth-order valence-corrected chi connectivity index (χ4v) is 2.37. The van der Waals surface area contributed by atoms with Gasteiger partial charge in [-0.25, -0.2) is 0 Å². The maximum Gasteiger partial charge on any atom is 0.231 e. The van der Waals surface area contributed by atoms with Gasteiger partial charge in [-0.3, -0.25) is 4.79 Å². The molecule has 1 fully saturated rings. The van der Waals surface area contributed by atoms with Gasteiger partial charge in [-0.1, -0.05) is 0 Å². The van der Waals surface area contributed by atoms with Gasteiger partial charge in [0.15, 0.2) is 17.3 Å². The van der Waals surface area contributed by atoms with E-state index in [9.17, 15) is 4.79 Å². The lowest BCUT2D eigenvalue weighted by Crippen LogP contribution is -2.31. The van der Waals surface area contributed by atoms with E-state index in [0.717, 1.165) is 37.2 Å². The lowest BCUT2D eigenvalue weighted by molar-refractivity contribution is 0.0894. The smallest absolute Gasteiger partial charge is 0.231 e. The molecule has 2 aliphatic heterocycles. The number of benzene rings is 1. The van der Waals surface area contributed by atoms with Gasteiger partial charge in [-0.05, 0) is 44.1 Å². The van der Waals surface area contributed by atoms with Crippen molar-refractivity contribution in [2.45, 2.75) is 12.8 Å². The van der Waals surface area contributed by atoms with Crippen LogP contribution >= 0.6 is 0 Å². The lowest BCUT2D eigenvalue weighted by Gasteiger charge is -2.21. The molecule has 17 heavy (non-hydrogen) atoms. The van der Waals surface area contributed by atoms with E-state index in [-0.39, 0.29) is 18.5 Å². The van der Waals surface area contributed by atoms with Crippen LogP contribution in [0.4, 0.5) is 0 Å². The number of fused-ring (bicyclic) bond motifs is 1. The minimum atomic E-state index is 0.150. The fraction of sp³-hybridized carbons (Fsp3) is 0.462. The number of carbonyl (C=O) groups is 1. The maximum absolute atomic E-state index is 12.3. The van der Waals surface area contributed by atoms with Gasteiger partial charge >= 0.3 is 0 Å². The van der Waals surface area contributed by atoms with Crippen LogP contribution in [-0.2, 0) is 0 Å². The van der Waals surface area contributed by atoms with Gasteiger partial charge in [-0.15, -0.1) is 0 Å². The van der Waals surface area contributed by atoms with Gasteiger partial charge in [-0.2, -0.15) is 0 Å². The largest absolute Gasteiger partial charge is 0.454 e. The van der Waals surface area contributed by atoms with Crippen molar-refractivity contribution in [3.8, 4) is 11.5 Å². The minimum absolute atomic E-state index is 0.150. The Morgan fingerprint density at radius 2 is 1.94 bits per heavy atom. The van der Waals surface area contributed by atoms with Crippen LogP contribution in [0.5, 0.6) is 11.5 Å². The Kier molecular flexibility index (Phi) is 2.73. The van der Waals surface area contributed by atoms with Crippen molar-refractivity contribution in [2.24, 2.45) is 5.92 Å². The Balaban J connectivity index is 1.81. The number of nitrogens with one attached hydrogen (secondary N) is 1. The molecule has 1 aromatic rings. The zero-order chi connectivity index (χ0) is 11.7. The van der Waals surface area contributed by atoms with E-state index >= 15 is 0 Å². The molecule has 0 aromatic heterocycles. The van der Waals surface area contributed by atoms with Crippen molar-refractivity contribution in [2.75, 3.05) is 19.9 Å². The van der Waals surface area contributed by atoms with Crippen molar-refractivity contribution in [1.82, 2.24) is 5.32 Å². The summed E-state index contributed by atoms with van der Waals surface area (Å²) in [6, 6.07) is 5.45. The number of rotatable bonds is 2. The second kappa shape index (κ2) is 4.37. The number of ketones is 1. The molecular formula is C13H15NO3. The van der Waals surface area contributed by atoms with Crippen LogP contribution in [0, 0.1) is 5.92 Å². The summed E-state index contributed by atoms with van der Waals surface area (Å²) in [6.07, 6.45) is 1.85. The molecular weight excluding hydrogens is 218 g/mol. The molecule has 1 aromatic carbocycles. The molecule has 0 bridgehead atoms. The Morgan fingerprint density at radius 3 is 2.76 bits per heavy atom. The predicted octanol–water partition coefficient (Wildman–Crippen LogP) is 1.60. The van der Waals surface area contributed by atoms with Crippen LogP contribution in [0.2, 0.25) is 0 Å². The number of hydrogen-bond donors (Lipinski definition) is 1. The van der Waals surface area contributed by atoms with E-state index in [4.69, 9.17) is 9.47 Å². The molecule has 0 aliphatic carbocycles. The van der Waals surface area contributed by atoms with Gasteiger partial charge < -0.3 is 14.8 Å². The Morgan fingerprint density at radius 1 is 1.18 bits per heavy atom. The molecule has 2 aliphatic rings. The van der Waals surface area contributed by atoms with E-state index in [1.165, 1.54) is 0 Å². The standard InChI is InChI=1S/C13H15NO3/c15-13(9-3-5-14-6-4-9)10-1-2-11-12(7-10)17-8-16-11/h1-2,7,9,14H,3-6,8H2. The summed E-state index contributed by atoms with van der Waals surface area (Å²) in [5, 5.41) is 3.27. The predicted molar refractivity (Wildman–Crippen MR) is 62.5 cm³/mol. The van der Waals surface area contributed by atoms with E-state index in [1.807, 2.05) is 12.1 Å². The Labute approximate surface area is 99.9 Å². The molecule has 0 spiro atoms. The summed E-state index contributed by atoms with van der Waals surface area (Å²) in [6.45, 7) is 2.11. The minimum Gasteiger partial charge on any atom is -0.454 e. The Hall–Kier alpha value is -1.55.